The lowest BCUT2D eigenvalue weighted by Gasteiger charge is -2.18. The maximum Gasteiger partial charge on any atom is 0.573 e. The average Bonchev–Trinajstić information content (AvgIpc) is 3.19. The number of methoxy groups -OCH3 is 2. The van der Waals surface area contributed by atoms with Gasteiger partial charge in [0.15, 0.2) is 17.2 Å². The van der Waals surface area contributed by atoms with Crippen molar-refractivity contribution in [2.24, 2.45) is 0 Å². The fraction of sp³-hybridized carbons (Fsp3) is 0.241. The van der Waals surface area contributed by atoms with Crippen molar-refractivity contribution >= 4 is 22.7 Å². The van der Waals surface area contributed by atoms with Crippen molar-refractivity contribution in [2.45, 2.75) is 25.7 Å². The van der Waals surface area contributed by atoms with Crippen molar-refractivity contribution in [3.63, 3.8) is 0 Å². The van der Waals surface area contributed by atoms with E-state index in [1.54, 1.807) is 42.5 Å². The summed E-state index contributed by atoms with van der Waals surface area (Å²) >= 11 is 0. The number of aromatic nitrogens is 2. The molecule has 41 heavy (non-hydrogen) atoms. The predicted octanol–water partition coefficient (Wildman–Crippen LogP) is 4.39. The first-order valence-corrected chi connectivity index (χ1v) is 12.6. The molecular formula is C29H24F3N3O6. The lowest BCUT2D eigenvalue weighted by Crippen LogP contribution is -2.34. The largest absolute Gasteiger partial charge is 0.573 e. The highest BCUT2D eigenvalue weighted by molar-refractivity contribution is 6.21. The van der Waals surface area contributed by atoms with Crippen LogP contribution >= 0.6 is 0 Å². The third-order valence-electron chi connectivity index (χ3n) is 6.76. The zero-order valence-corrected chi connectivity index (χ0v) is 22.0. The second-order valence-electron chi connectivity index (χ2n) is 9.18. The second-order valence-corrected chi connectivity index (χ2v) is 9.18. The monoisotopic (exact) mass is 567 g/mol. The number of benzene rings is 3. The summed E-state index contributed by atoms with van der Waals surface area (Å²) in [6, 6.07) is 15.4. The molecule has 5 rings (SSSR count). The fourth-order valence-electron chi connectivity index (χ4n) is 4.82. The summed E-state index contributed by atoms with van der Waals surface area (Å²) < 4.78 is 55.4. The minimum atomic E-state index is -5.00. The van der Waals surface area contributed by atoms with Crippen LogP contribution in [0.15, 0.2) is 65.5 Å². The molecule has 3 aromatic carbocycles. The van der Waals surface area contributed by atoms with Crippen LogP contribution < -0.4 is 19.8 Å². The number of ether oxygens (including phenoxy) is 3. The Morgan fingerprint density at radius 1 is 0.780 bits per heavy atom. The van der Waals surface area contributed by atoms with Gasteiger partial charge in [-0.3, -0.25) is 23.9 Å². The van der Waals surface area contributed by atoms with Crippen LogP contribution in [0.4, 0.5) is 13.2 Å². The summed E-state index contributed by atoms with van der Waals surface area (Å²) in [7, 11) is 3.01. The van der Waals surface area contributed by atoms with E-state index < -0.39 is 29.5 Å². The van der Waals surface area contributed by atoms with Crippen LogP contribution in [0, 0.1) is 0 Å². The van der Waals surface area contributed by atoms with Crippen LogP contribution in [0.3, 0.4) is 0 Å². The van der Waals surface area contributed by atoms with Crippen molar-refractivity contribution in [3.05, 3.63) is 93.5 Å². The number of aryl methyl sites for hydroxylation is 1. The molecule has 0 fully saturated rings. The standard InChI is InChI=1S/C29H24F3N3O6/c1-39-21-11-10-17(16-23(21)40-2)12-14-34-24(13-15-35-26(36)18-6-3-4-7-19(18)27(35)37)33-25-20(28(34)38)8-5-9-22(25)41-29(30,31)32/h3-11,16H,12-15H2,1-2H3. The number of hydrogen-bond donors (Lipinski definition) is 0. The molecule has 212 valence electrons. The molecule has 9 nitrogen and oxygen atoms in total. The molecule has 12 heteroatoms. The first-order valence-electron chi connectivity index (χ1n) is 12.6. The summed E-state index contributed by atoms with van der Waals surface area (Å²) in [5.74, 6) is -0.495. The molecule has 0 spiro atoms. The van der Waals surface area contributed by atoms with Gasteiger partial charge >= 0.3 is 6.36 Å². The quantitative estimate of drug-likeness (QED) is 0.277. The van der Waals surface area contributed by atoms with E-state index in [0.717, 1.165) is 16.5 Å². The van der Waals surface area contributed by atoms with Crippen LogP contribution in [0.5, 0.6) is 17.2 Å². The summed E-state index contributed by atoms with van der Waals surface area (Å²) in [5, 5.41) is -0.0662. The van der Waals surface area contributed by atoms with Gasteiger partial charge in [-0.2, -0.15) is 0 Å². The normalized spacial score (nSPS) is 13.0. The second kappa shape index (κ2) is 11.0. The van der Waals surface area contributed by atoms with Crippen LogP contribution in [0.2, 0.25) is 0 Å². The lowest BCUT2D eigenvalue weighted by molar-refractivity contribution is -0.274. The Bertz CT molecular complexity index is 1680. The minimum Gasteiger partial charge on any atom is -0.493 e. The summed E-state index contributed by atoms with van der Waals surface area (Å²) in [5.41, 5.74) is 0.469. The van der Waals surface area contributed by atoms with Gasteiger partial charge in [0.25, 0.3) is 17.4 Å². The van der Waals surface area contributed by atoms with Gasteiger partial charge in [-0.15, -0.1) is 13.2 Å². The van der Waals surface area contributed by atoms with Gasteiger partial charge in [-0.1, -0.05) is 24.3 Å². The molecule has 2 amide bonds. The third kappa shape index (κ3) is 5.45. The van der Waals surface area contributed by atoms with Crippen molar-refractivity contribution in [2.75, 3.05) is 20.8 Å². The molecule has 4 aromatic rings. The smallest absolute Gasteiger partial charge is 0.493 e. The molecule has 1 aromatic heterocycles. The zero-order chi connectivity index (χ0) is 29.3. The summed E-state index contributed by atoms with van der Waals surface area (Å²) in [4.78, 5) is 44.8. The lowest BCUT2D eigenvalue weighted by atomic mass is 10.1. The maximum absolute atomic E-state index is 13.6. The molecule has 1 aliphatic rings. The van der Waals surface area contributed by atoms with Crippen molar-refractivity contribution in [1.29, 1.82) is 0 Å². The molecule has 0 bridgehead atoms. The van der Waals surface area contributed by atoms with E-state index in [2.05, 4.69) is 9.72 Å². The fourth-order valence-corrected chi connectivity index (χ4v) is 4.82. The Kier molecular flexibility index (Phi) is 7.40. The summed E-state index contributed by atoms with van der Waals surface area (Å²) in [6.45, 7) is -0.0258. The molecule has 1 aliphatic heterocycles. The van der Waals surface area contributed by atoms with E-state index in [1.165, 1.54) is 30.9 Å². The number of alkyl halides is 3. The van der Waals surface area contributed by atoms with Gasteiger partial charge in [0.2, 0.25) is 0 Å². The number of para-hydroxylation sites is 1. The van der Waals surface area contributed by atoms with Gasteiger partial charge in [0.1, 0.15) is 11.3 Å². The molecule has 0 N–H and O–H groups in total. The van der Waals surface area contributed by atoms with E-state index in [4.69, 9.17) is 9.47 Å². The molecule has 2 heterocycles. The number of hydrogen-bond acceptors (Lipinski definition) is 7. The van der Waals surface area contributed by atoms with Gasteiger partial charge in [-0.05, 0) is 48.4 Å². The first-order chi connectivity index (χ1) is 19.6. The highest BCUT2D eigenvalue weighted by Gasteiger charge is 2.35. The number of rotatable bonds is 9. The van der Waals surface area contributed by atoms with E-state index in [9.17, 15) is 27.6 Å². The Balaban J connectivity index is 1.52. The predicted molar refractivity (Wildman–Crippen MR) is 141 cm³/mol. The molecule has 0 radical (unpaired) electrons. The molecule has 0 saturated carbocycles. The Morgan fingerprint density at radius 2 is 1.46 bits per heavy atom. The van der Waals surface area contributed by atoms with Crippen molar-refractivity contribution in [3.8, 4) is 17.2 Å². The third-order valence-corrected chi connectivity index (χ3v) is 6.76. The SMILES string of the molecule is COc1ccc(CCn2c(CCN3C(=O)c4ccccc4C3=O)nc3c(OC(F)(F)F)cccc3c2=O)cc1OC. The number of fused-ring (bicyclic) bond motifs is 2. The highest BCUT2D eigenvalue weighted by Crippen LogP contribution is 2.30. The van der Waals surface area contributed by atoms with Crippen LogP contribution in [0.1, 0.15) is 32.1 Å². The number of amides is 2. The van der Waals surface area contributed by atoms with Gasteiger partial charge in [0, 0.05) is 19.5 Å². The minimum absolute atomic E-state index is 0.0662. The molecule has 0 aliphatic carbocycles. The molecular weight excluding hydrogens is 543 g/mol. The van der Waals surface area contributed by atoms with Crippen molar-refractivity contribution < 1.29 is 37.0 Å². The van der Waals surface area contributed by atoms with Gasteiger partial charge < -0.3 is 14.2 Å². The van der Waals surface area contributed by atoms with E-state index in [1.807, 2.05) is 0 Å². The number of carbonyl (C=O) groups is 2. The van der Waals surface area contributed by atoms with Crippen molar-refractivity contribution in [1.82, 2.24) is 14.5 Å². The molecule has 0 unspecified atom stereocenters. The van der Waals surface area contributed by atoms with Gasteiger partial charge in [0.05, 0.1) is 30.7 Å². The van der Waals surface area contributed by atoms with E-state index in [0.29, 0.717) is 17.9 Å². The van der Waals surface area contributed by atoms with Crippen LogP contribution in [0.25, 0.3) is 10.9 Å². The van der Waals surface area contributed by atoms with Crippen LogP contribution in [-0.4, -0.2) is 53.4 Å². The Hall–Kier alpha value is -4.87. The molecule has 0 saturated heterocycles. The first kappa shape index (κ1) is 27.7. The number of carbonyl (C=O) groups excluding carboxylic acids is 2. The highest BCUT2D eigenvalue weighted by atomic mass is 19.4. The summed E-state index contributed by atoms with van der Waals surface area (Å²) in [6.07, 6.45) is -4.74. The zero-order valence-electron chi connectivity index (χ0n) is 22.0. The van der Waals surface area contributed by atoms with E-state index >= 15 is 0 Å². The number of nitrogens with zero attached hydrogens (tertiary/aromatic N) is 3. The van der Waals surface area contributed by atoms with Crippen LogP contribution in [-0.2, 0) is 19.4 Å². The molecule has 0 atom stereocenters. The topological polar surface area (TPSA) is 100.0 Å². The van der Waals surface area contributed by atoms with E-state index in [-0.39, 0.29) is 47.4 Å². The maximum atomic E-state index is 13.6. The number of imide groups is 1. The Labute approximate surface area is 231 Å². The van der Waals surface area contributed by atoms with Gasteiger partial charge in [-0.25, -0.2) is 4.98 Å². The Morgan fingerprint density at radius 3 is 2.10 bits per heavy atom. The number of halogens is 3. The average molecular weight is 568 g/mol.